The number of rotatable bonds is 6. The van der Waals surface area contributed by atoms with Crippen molar-refractivity contribution in [3.8, 4) is 6.07 Å². The van der Waals surface area contributed by atoms with E-state index in [1.165, 1.54) is 41.7 Å². The summed E-state index contributed by atoms with van der Waals surface area (Å²) in [6.45, 7) is 6.96. The van der Waals surface area contributed by atoms with Gasteiger partial charge in [0.25, 0.3) is 5.92 Å². The van der Waals surface area contributed by atoms with Crippen LogP contribution in [-0.4, -0.2) is 27.8 Å². The monoisotopic (exact) mass is 544 g/mol. The second-order valence-electron chi connectivity index (χ2n) is 8.31. The van der Waals surface area contributed by atoms with Crippen LogP contribution in [0.15, 0.2) is 58.5 Å². The van der Waals surface area contributed by atoms with E-state index in [1.54, 1.807) is 31.2 Å². The van der Waals surface area contributed by atoms with Gasteiger partial charge in [-0.3, -0.25) is 4.90 Å². The average molecular weight is 545 g/mol. The summed E-state index contributed by atoms with van der Waals surface area (Å²) in [7, 11) is 1.22. The minimum absolute atomic E-state index is 0. The van der Waals surface area contributed by atoms with Gasteiger partial charge in [0.1, 0.15) is 6.04 Å². The number of benzene rings is 2. The Morgan fingerprint density at radius 3 is 2.48 bits per heavy atom. The summed E-state index contributed by atoms with van der Waals surface area (Å²) in [6.07, 6.45) is -0.102. The molecule has 0 saturated carbocycles. The standard InChI is InChI=1S/C26H24F2N5O3.3CH3.Li/c1-5-17-12-16(14-29)10-11-20(17)22-21(23(34)36-4)15(3)32(24-30-31-25(35)33(22)24)19-9-7-8-18(13-19)26(27,28)6-2;;;;/h7-13,22H,1,5-6H2,2-4H3,(H,31,35);3*1H3;/q4*-1;+1/t22-;;;;/m1..../s1. The summed E-state index contributed by atoms with van der Waals surface area (Å²) < 4.78 is 35.4. The fraction of sp³-hybridized carbons (Fsp3) is 0.241. The van der Waals surface area contributed by atoms with Gasteiger partial charge in [0.15, 0.2) is 0 Å². The third kappa shape index (κ3) is 6.06. The molecule has 0 aliphatic carbocycles. The van der Waals surface area contributed by atoms with Crippen LogP contribution >= 0.6 is 0 Å². The van der Waals surface area contributed by atoms with E-state index >= 15 is 0 Å². The van der Waals surface area contributed by atoms with E-state index in [4.69, 9.17) is 4.74 Å². The number of hydrogen-bond acceptors (Lipinski definition) is 6. The van der Waals surface area contributed by atoms with Crippen LogP contribution < -0.4 is 29.5 Å². The van der Waals surface area contributed by atoms with Gasteiger partial charge in [0.05, 0.1) is 24.3 Å². The number of aromatic amines is 1. The Bertz CT molecular complexity index is 1470. The molecule has 8 nitrogen and oxygen atoms in total. The van der Waals surface area contributed by atoms with E-state index in [-0.39, 0.29) is 71.1 Å². The summed E-state index contributed by atoms with van der Waals surface area (Å²) in [5.74, 6) is -3.64. The smallest absolute Gasteiger partial charge is 0.466 e. The Kier molecular flexibility index (Phi) is 12.8. The molecule has 1 aliphatic rings. The first kappa shape index (κ1) is 36.3. The number of nitrogens with one attached hydrogen (secondary N) is 1. The zero-order chi connectivity index (χ0) is 26.2. The molecule has 0 spiro atoms. The van der Waals surface area contributed by atoms with Crippen molar-refractivity contribution in [2.45, 2.75) is 38.7 Å². The number of nitriles is 1. The van der Waals surface area contributed by atoms with Gasteiger partial charge in [0, 0.05) is 23.4 Å². The maximum Gasteiger partial charge on any atom is 1.00 e. The number of fused-ring (bicyclic) bond motifs is 1. The summed E-state index contributed by atoms with van der Waals surface area (Å²) in [4.78, 5) is 27.6. The molecule has 40 heavy (non-hydrogen) atoms. The normalized spacial score (nSPS) is 13.9. The molecule has 1 N–H and O–H groups in total. The Balaban J connectivity index is 0.00000380. The quantitative estimate of drug-likeness (QED) is 0.291. The van der Waals surface area contributed by atoms with Crippen LogP contribution in [0.3, 0.4) is 0 Å². The number of halogens is 2. The molecule has 0 saturated heterocycles. The molecule has 210 valence electrons. The number of esters is 1. The van der Waals surface area contributed by atoms with Crippen LogP contribution in [0.4, 0.5) is 20.4 Å². The average Bonchev–Trinajstić information content (AvgIpc) is 3.27. The maximum absolute atomic E-state index is 14.5. The zero-order valence-electron chi connectivity index (χ0n) is 24.0. The van der Waals surface area contributed by atoms with E-state index in [9.17, 15) is 23.6 Å². The molecular formula is C29H33F2LiN5O3-3. The van der Waals surface area contributed by atoms with Crippen LogP contribution in [0, 0.1) is 40.5 Å². The number of carbonyl (C=O) groups excluding carboxylic acids is 1. The summed E-state index contributed by atoms with van der Waals surface area (Å²) >= 11 is 0. The minimum Gasteiger partial charge on any atom is -0.466 e. The fourth-order valence-electron chi connectivity index (χ4n) is 4.49. The molecule has 0 radical (unpaired) electrons. The second kappa shape index (κ2) is 14.1. The molecule has 0 fully saturated rings. The van der Waals surface area contributed by atoms with Gasteiger partial charge in [-0.25, -0.2) is 28.0 Å². The number of methoxy groups -OCH3 is 1. The number of nitrogens with zero attached hydrogens (tertiary/aromatic N) is 4. The van der Waals surface area contributed by atoms with Crippen LogP contribution in [0.1, 0.15) is 48.6 Å². The molecule has 11 heteroatoms. The SMILES string of the molecule is [CH2-]Cc1cc(C#N)ccc1[C@@H]1C(C(=O)OC)=C(C)N(c2cccc(C(F)(F)CC)c2)c2n[nH]c(=O)n21.[CH3-].[CH3-].[CH3-].[Li+]. The summed E-state index contributed by atoms with van der Waals surface area (Å²) in [5, 5.41) is 15.9. The first-order valence-corrected chi connectivity index (χ1v) is 11.2. The van der Waals surface area contributed by atoms with Gasteiger partial charge in [-0.15, -0.1) is 5.10 Å². The van der Waals surface area contributed by atoms with Crippen molar-refractivity contribution in [1.82, 2.24) is 14.8 Å². The van der Waals surface area contributed by atoms with Gasteiger partial charge < -0.3 is 33.9 Å². The molecule has 2 aromatic carbocycles. The number of carbonyl (C=O) groups is 1. The van der Waals surface area contributed by atoms with Crippen molar-refractivity contribution >= 4 is 17.6 Å². The molecule has 0 bridgehead atoms. The largest absolute Gasteiger partial charge is 1.00 e. The van der Waals surface area contributed by atoms with Crippen LogP contribution in [0.25, 0.3) is 0 Å². The fourth-order valence-corrected chi connectivity index (χ4v) is 4.49. The number of H-pyrrole nitrogens is 1. The second-order valence-corrected chi connectivity index (χ2v) is 8.31. The van der Waals surface area contributed by atoms with Gasteiger partial charge in [-0.2, -0.15) is 11.7 Å². The Hall–Kier alpha value is -3.66. The Labute approximate surface area is 246 Å². The number of hydrogen-bond donors (Lipinski definition) is 1. The van der Waals surface area contributed by atoms with Crippen molar-refractivity contribution in [2.75, 3.05) is 12.0 Å². The van der Waals surface area contributed by atoms with Crippen LogP contribution in [0.2, 0.25) is 0 Å². The maximum atomic E-state index is 14.5. The summed E-state index contributed by atoms with van der Waals surface area (Å²) in [6, 6.07) is 11.8. The van der Waals surface area contributed by atoms with E-state index < -0.39 is 23.6 Å². The van der Waals surface area contributed by atoms with Crippen molar-refractivity contribution in [3.63, 3.8) is 0 Å². The number of allylic oxidation sites excluding steroid dienone is 1. The van der Waals surface area contributed by atoms with Crippen molar-refractivity contribution in [2.24, 2.45) is 0 Å². The first-order chi connectivity index (χ1) is 17.2. The Morgan fingerprint density at radius 1 is 1.23 bits per heavy atom. The number of ether oxygens (including phenoxy) is 1. The van der Waals surface area contributed by atoms with Crippen LogP contribution in [-0.2, 0) is 21.9 Å². The van der Waals surface area contributed by atoms with E-state index in [0.717, 1.165) is 0 Å². The van der Waals surface area contributed by atoms with Crippen molar-refractivity contribution in [3.05, 3.63) is 116 Å². The van der Waals surface area contributed by atoms with E-state index in [0.29, 0.717) is 28.1 Å². The molecule has 2 heterocycles. The molecule has 1 aromatic heterocycles. The van der Waals surface area contributed by atoms with Gasteiger partial charge in [-0.05, 0) is 36.8 Å². The van der Waals surface area contributed by atoms with Crippen molar-refractivity contribution < 1.29 is 37.2 Å². The third-order valence-electron chi connectivity index (χ3n) is 6.35. The van der Waals surface area contributed by atoms with Gasteiger partial charge in [0.2, 0.25) is 5.95 Å². The summed E-state index contributed by atoms with van der Waals surface area (Å²) in [5.41, 5.74) is 1.61. The third-order valence-corrected chi connectivity index (χ3v) is 6.35. The molecule has 4 rings (SSSR count). The first-order valence-electron chi connectivity index (χ1n) is 11.2. The van der Waals surface area contributed by atoms with Crippen LogP contribution in [0.5, 0.6) is 0 Å². The number of alkyl halides is 2. The van der Waals surface area contributed by atoms with E-state index in [1.807, 2.05) is 0 Å². The predicted molar refractivity (Wildman–Crippen MR) is 148 cm³/mol. The van der Waals surface area contributed by atoms with E-state index in [2.05, 4.69) is 23.2 Å². The van der Waals surface area contributed by atoms with Gasteiger partial charge in [-0.1, -0.05) is 30.7 Å². The number of aromatic nitrogens is 3. The molecule has 1 atom stereocenters. The molecule has 3 aromatic rings. The Morgan fingerprint density at radius 2 is 1.90 bits per heavy atom. The molecule has 0 amide bonds. The number of anilines is 2. The topological polar surface area (TPSA) is 104 Å². The van der Waals surface area contributed by atoms with Gasteiger partial charge >= 0.3 is 30.5 Å². The molecule has 1 aliphatic heterocycles. The van der Waals surface area contributed by atoms with Crippen molar-refractivity contribution in [1.29, 1.82) is 5.26 Å². The molecular weight excluding hydrogens is 511 g/mol. The zero-order valence-corrected chi connectivity index (χ0v) is 24.0. The minimum atomic E-state index is -3.06. The predicted octanol–water partition coefficient (Wildman–Crippen LogP) is 2.86. The molecule has 0 unspecified atom stereocenters.